The van der Waals surface area contributed by atoms with Crippen molar-refractivity contribution in [2.75, 3.05) is 0 Å². The molecule has 2 aromatic rings. The van der Waals surface area contributed by atoms with Gasteiger partial charge >= 0.3 is 0 Å². The lowest BCUT2D eigenvalue weighted by Gasteiger charge is -2.10. The van der Waals surface area contributed by atoms with Crippen LogP contribution in [-0.2, 0) is 16.6 Å². The SMILES string of the molecule is Cc1ccc(F)c(CNS(=O)(=O)c2ccc(F)cc2F)c1F. The lowest BCUT2D eigenvalue weighted by Crippen LogP contribution is -2.25. The predicted octanol–water partition coefficient (Wildman–Crippen LogP) is 3.03. The summed E-state index contributed by atoms with van der Waals surface area (Å²) in [5.74, 6) is -4.04. The van der Waals surface area contributed by atoms with E-state index in [-0.39, 0.29) is 5.56 Å². The fraction of sp³-hybridized carbons (Fsp3) is 0.143. The largest absolute Gasteiger partial charge is 0.243 e. The maximum atomic E-state index is 13.8. The van der Waals surface area contributed by atoms with Crippen LogP contribution >= 0.6 is 0 Å². The molecule has 3 nitrogen and oxygen atoms in total. The Morgan fingerprint density at radius 1 is 1.00 bits per heavy atom. The van der Waals surface area contributed by atoms with E-state index in [0.717, 1.165) is 18.2 Å². The molecule has 0 aliphatic rings. The van der Waals surface area contributed by atoms with Crippen molar-refractivity contribution in [1.29, 1.82) is 0 Å². The average molecular weight is 333 g/mol. The molecule has 118 valence electrons. The zero-order chi connectivity index (χ0) is 16.5. The zero-order valence-corrected chi connectivity index (χ0v) is 12.1. The van der Waals surface area contributed by atoms with Crippen LogP contribution in [0.4, 0.5) is 17.6 Å². The molecule has 0 bridgehead atoms. The molecule has 22 heavy (non-hydrogen) atoms. The number of nitrogens with one attached hydrogen (secondary N) is 1. The monoisotopic (exact) mass is 333 g/mol. The van der Waals surface area contributed by atoms with Gasteiger partial charge in [0.2, 0.25) is 10.0 Å². The van der Waals surface area contributed by atoms with Gasteiger partial charge in [-0.2, -0.15) is 0 Å². The lowest BCUT2D eigenvalue weighted by molar-refractivity contribution is 0.531. The molecule has 0 heterocycles. The summed E-state index contributed by atoms with van der Waals surface area (Å²) >= 11 is 0. The van der Waals surface area contributed by atoms with Crippen molar-refractivity contribution in [3.05, 3.63) is 64.7 Å². The van der Waals surface area contributed by atoms with E-state index >= 15 is 0 Å². The molecule has 8 heteroatoms. The van der Waals surface area contributed by atoms with E-state index in [0.29, 0.717) is 6.07 Å². The maximum Gasteiger partial charge on any atom is 0.243 e. The molecule has 0 aliphatic heterocycles. The van der Waals surface area contributed by atoms with E-state index in [1.165, 1.54) is 13.0 Å². The molecule has 0 aliphatic carbocycles. The first-order chi connectivity index (χ1) is 10.2. The summed E-state index contributed by atoms with van der Waals surface area (Å²) in [4.78, 5) is -0.803. The molecule has 0 saturated heterocycles. The highest BCUT2D eigenvalue weighted by Crippen LogP contribution is 2.19. The molecule has 0 atom stereocenters. The molecule has 1 N–H and O–H groups in total. The van der Waals surface area contributed by atoms with Crippen molar-refractivity contribution >= 4 is 10.0 Å². The molecule has 0 radical (unpaired) electrons. The number of hydrogen-bond donors (Lipinski definition) is 1. The smallest absolute Gasteiger partial charge is 0.207 e. The quantitative estimate of drug-likeness (QED) is 0.874. The van der Waals surface area contributed by atoms with Crippen LogP contribution in [0, 0.1) is 30.2 Å². The molecule has 0 unspecified atom stereocenters. The van der Waals surface area contributed by atoms with Gasteiger partial charge in [0.1, 0.15) is 28.2 Å². The van der Waals surface area contributed by atoms with Gasteiger partial charge in [-0.05, 0) is 30.7 Å². The van der Waals surface area contributed by atoms with E-state index in [9.17, 15) is 26.0 Å². The number of rotatable bonds is 4. The Kier molecular flexibility index (Phi) is 4.52. The molecule has 0 fully saturated rings. The summed E-state index contributed by atoms with van der Waals surface area (Å²) in [5, 5.41) is 0. The van der Waals surface area contributed by atoms with E-state index < -0.39 is 50.3 Å². The standard InChI is InChI=1S/C14H11F4NO2S/c1-8-2-4-11(16)10(14(8)18)7-19-22(20,21)13-5-3-9(15)6-12(13)17/h2-6,19H,7H2,1H3. The average Bonchev–Trinajstić information content (AvgIpc) is 2.42. The summed E-state index contributed by atoms with van der Waals surface area (Å²) in [5.41, 5.74) is -0.338. The minimum atomic E-state index is -4.38. The Balaban J connectivity index is 2.29. The van der Waals surface area contributed by atoms with Gasteiger partial charge in [-0.3, -0.25) is 0 Å². The highest BCUT2D eigenvalue weighted by molar-refractivity contribution is 7.89. The van der Waals surface area contributed by atoms with E-state index in [4.69, 9.17) is 0 Å². The van der Waals surface area contributed by atoms with Crippen LogP contribution in [-0.4, -0.2) is 8.42 Å². The first kappa shape index (κ1) is 16.4. The minimum absolute atomic E-state index is 0.142. The number of halogens is 4. The summed E-state index contributed by atoms with van der Waals surface area (Å²) < 4.78 is 79.3. The van der Waals surface area contributed by atoms with Crippen molar-refractivity contribution in [2.45, 2.75) is 18.4 Å². The minimum Gasteiger partial charge on any atom is -0.207 e. The van der Waals surface area contributed by atoms with Gasteiger partial charge < -0.3 is 0 Å². The lowest BCUT2D eigenvalue weighted by atomic mass is 10.1. The Hall–Kier alpha value is -1.93. The maximum absolute atomic E-state index is 13.8. The highest BCUT2D eigenvalue weighted by Gasteiger charge is 2.21. The molecule has 0 aromatic heterocycles. The van der Waals surface area contributed by atoms with Crippen molar-refractivity contribution in [2.24, 2.45) is 0 Å². The molecule has 0 amide bonds. The first-order valence-corrected chi connectivity index (χ1v) is 7.59. The van der Waals surface area contributed by atoms with E-state index in [2.05, 4.69) is 0 Å². The summed E-state index contributed by atoms with van der Waals surface area (Å²) in [6.45, 7) is 0.699. The predicted molar refractivity (Wildman–Crippen MR) is 71.5 cm³/mol. The fourth-order valence-electron chi connectivity index (χ4n) is 1.81. The second-order valence-corrected chi connectivity index (χ2v) is 6.29. The third-order valence-electron chi connectivity index (χ3n) is 3.00. The van der Waals surface area contributed by atoms with Crippen molar-refractivity contribution in [3.8, 4) is 0 Å². The third-order valence-corrected chi connectivity index (χ3v) is 4.44. The summed E-state index contributed by atoms with van der Waals surface area (Å²) in [6.07, 6.45) is 0. The Bertz CT molecular complexity index is 822. The van der Waals surface area contributed by atoms with Gasteiger partial charge in [-0.1, -0.05) is 6.07 Å². The van der Waals surface area contributed by atoms with Crippen molar-refractivity contribution < 1.29 is 26.0 Å². The van der Waals surface area contributed by atoms with Crippen LogP contribution in [0.3, 0.4) is 0 Å². The van der Waals surface area contributed by atoms with Crippen molar-refractivity contribution in [3.63, 3.8) is 0 Å². The van der Waals surface area contributed by atoms with Crippen LogP contribution in [0.25, 0.3) is 0 Å². The van der Waals surface area contributed by atoms with Crippen LogP contribution in [0.1, 0.15) is 11.1 Å². The Morgan fingerprint density at radius 3 is 2.32 bits per heavy atom. The van der Waals surface area contributed by atoms with Crippen molar-refractivity contribution in [1.82, 2.24) is 4.72 Å². The molecule has 2 rings (SSSR count). The van der Waals surface area contributed by atoms with Gasteiger partial charge in [-0.25, -0.2) is 30.7 Å². The van der Waals surface area contributed by atoms with Gasteiger partial charge in [0.05, 0.1) is 0 Å². The first-order valence-electron chi connectivity index (χ1n) is 6.10. The van der Waals surface area contributed by atoms with E-state index in [1.807, 2.05) is 4.72 Å². The molecule has 2 aromatic carbocycles. The molecular formula is C14H11F4NO2S. The zero-order valence-electron chi connectivity index (χ0n) is 11.3. The van der Waals surface area contributed by atoms with E-state index in [1.54, 1.807) is 0 Å². The van der Waals surface area contributed by atoms with Gasteiger partial charge in [0.25, 0.3) is 0 Å². The molecule has 0 saturated carbocycles. The second-order valence-electron chi connectivity index (χ2n) is 4.56. The number of hydrogen-bond acceptors (Lipinski definition) is 2. The van der Waals surface area contributed by atoms with Crippen LogP contribution in [0.2, 0.25) is 0 Å². The second kappa shape index (κ2) is 6.05. The highest BCUT2D eigenvalue weighted by atomic mass is 32.2. The normalized spacial score (nSPS) is 11.7. The van der Waals surface area contributed by atoms with Gasteiger partial charge in [0.15, 0.2) is 0 Å². The number of sulfonamides is 1. The number of aryl methyl sites for hydroxylation is 1. The van der Waals surface area contributed by atoms with Gasteiger partial charge in [-0.15, -0.1) is 0 Å². The Morgan fingerprint density at radius 2 is 1.68 bits per heavy atom. The molecule has 0 spiro atoms. The third kappa shape index (κ3) is 3.28. The Labute approximate surface area is 124 Å². The molecular weight excluding hydrogens is 322 g/mol. The van der Waals surface area contributed by atoms with Gasteiger partial charge in [0, 0.05) is 18.2 Å². The fourth-order valence-corrected chi connectivity index (χ4v) is 2.87. The van der Waals surface area contributed by atoms with Crippen LogP contribution in [0.15, 0.2) is 35.2 Å². The topological polar surface area (TPSA) is 46.2 Å². The van der Waals surface area contributed by atoms with Crippen LogP contribution in [0.5, 0.6) is 0 Å². The summed E-state index contributed by atoms with van der Waals surface area (Å²) in [6, 6.07) is 4.12. The number of benzene rings is 2. The van der Waals surface area contributed by atoms with Crippen LogP contribution < -0.4 is 4.72 Å². The summed E-state index contributed by atoms with van der Waals surface area (Å²) in [7, 11) is -4.38.